The van der Waals surface area contributed by atoms with Crippen molar-refractivity contribution in [2.24, 2.45) is 0 Å². The number of halogens is 1. The van der Waals surface area contributed by atoms with Crippen LogP contribution in [0.1, 0.15) is 26.5 Å². The molecule has 0 amide bonds. The quantitative estimate of drug-likeness (QED) is 0.770. The van der Waals surface area contributed by atoms with Crippen molar-refractivity contribution in [3.63, 3.8) is 0 Å². The van der Waals surface area contributed by atoms with Crippen LogP contribution in [0.5, 0.6) is 0 Å². The Morgan fingerprint density at radius 1 is 1.32 bits per heavy atom. The first kappa shape index (κ1) is 14.5. The van der Waals surface area contributed by atoms with Gasteiger partial charge in [0, 0.05) is 22.3 Å². The Balaban J connectivity index is 2.07. The minimum atomic E-state index is 0.528. The van der Waals surface area contributed by atoms with Crippen molar-refractivity contribution in [3.05, 3.63) is 41.2 Å². The number of nitrogens with zero attached hydrogens (tertiary/aromatic N) is 1. The largest absolute Gasteiger partial charge is 0.441 e. The second-order valence-electron chi connectivity index (χ2n) is 4.84. The van der Waals surface area contributed by atoms with Crippen LogP contribution < -0.4 is 0 Å². The Morgan fingerprint density at radius 3 is 2.79 bits per heavy atom. The van der Waals surface area contributed by atoms with Gasteiger partial charge in [0.25, 0.3) is 0 Å². The highest BCUT2D eigenvalue weighted by Crippen LogP contribution is 2.25. The fraction of sp³-hybridized carbons (Fsp3) is 0.400. The molecule has 0 spiro atoms. The number of aromatic nitrogens is 1. The van der Waals surface area contributed by atoms with Gasteiger partial charge < -0.3 is 4.42 Å². The molecular formula is C15H18ClNOS. The molecule has 1 aromatic carbocycles. The van der Waals surface area contributed by atoms with Crippen molar-refractivity contribution in [3.8, 4) is 11.5 Å². The van der Waals surface area contributed by atoms with Crippen LogP contribution in [-0.4, -0.2) is 15.5 Å². The summed E-state index contributed by atoms with van der Waals surface area (Å²) in [5.41, 5.74) is 0.919. The van der Waals surface area contributed by atoms with Crippen molar-refractivity contribution < 1.29 is 4.42 Å². The van der Waals surface area contributed by atoms with Crippen molar-refractivity contribution in [1.29, 1.82) is 0 Å². The first-order chi connectivity index (χ1) is 9.04. The maximum Gasteiger partial charge on any atom is 0.226 e. The second kappa shape index (κ2) is 6.49. The minimum absolute atomic E-state index is 0.528. The molecule has 1 aromatic heterocycles. The van der Waals surface area contributed by atoms with Gasteiger partial charge in [-0.3, -0.25) is 0 Å². The van der Waals surface area contributed by atoms with E-state index < -0.39 is 0 Å². The molecule has 4 heteroatoms. The van der Waals surface area contributed by atoms with Gasteiger partial charge in [-0.05, 0) is 23.4 Å². The molecule has 2 rings (SSSR count). The van der Waals surface area contributed by atoms with Crippen LogP contribution in [-0.2, 0) is 6.42 Å². The lowest BCUT2D eigenvalue weighted by molar-refractivity contribution is 0.516. The number of oxazole rings is 1. The van der Waals surface area contributed by atoms with Gasteiger partial charge in [0.2, 0.25) is 5.89 Å². The number of hydrogen-bond donors (Lipinski definition) is 0. The average Bonchev–Trinajstić information content (AvgIpc) is 2.76. The molecule has 0 fully saturated rings. The van der Waals surface area contributed by atoms with Gasteiger partial charge in [-0.25, -0.2) is 4.98 Å². The molecule has 0 aliphatic carbocycles. The summed E-state index contributed by atoms with van der Waals surface area (Å²) >= 11 is 7.92. The SMILES string of the molecule is CC(C)SC(C)Cc1cnc(-c2cccc(Cl)c2)o1. The van der Waals surface area contributed by atoms with Gasteiger partial charge in [-0.1, -0.05) is 38.4 Å². The standard InChI is InChI=1S/C15H18ClNOS/c1-10(2)19-11(3)7-14-9-17-15(18-14)12-5-4-6-13(16)8-12/h4-6,8-11H,7H2,1-3H3. The highest BCUT2D eigenvalue weighted by molar-refractivity contribution is 8.00. The fourth-order valence-electron chi connectivity index (χ4n) is 1.95. The smallest absolute Gasteiger partial charge is 0.226 e. The number of thioether (sulfide) groups is 1. The molecule has 0 radical (unpaired) electrons. The molecular weight excluding hydrogens is 278 g/mol. The molecule has 0 bridgehead atoms. The van der Waals surface area contributed by atoms with Crippen molar-refractivity contribution >= 4 is 23.4 Å². The summed E-state index contributed by atoms with van der Waals surface area (Å²) in [5, 5.41) is 1.85. The van der Waals surface area contributed by atoms with Crippen LogP contribution in [0.3, 0.4) is 0 Å². The predicted molar refractivity (Wildman–Crippen MR) is 82.8 cm³/mol. The summed E-state index contributed by atoms with van der Waals surface area (Å²) in [6, 6.07) is 7.56. The third kappa shape index (κ3) is 4.29. The van der Waals surface area contributed by atoms with E-state index in [9.17, 15) is 0 Å². The molecule has 19 heavy (non-hydrogen) atoms. The van der Waals surface area contributed by atoms with Gasteiger partial charge >= 0.3 is 0 Å². The van der Waals surface area contributed by atoms with Gasteiger partial charge in [-0.15, -0.1) is 0 Å². The molecule has 2 nitrogen and oxygen atoms in total. The number of benzene rings is 1. The van der Waals surface area contributed by atoms with Crippen LogP contribution in [0.2, 0.25) is 5.02 Å². The van der Waals surface area contributed by atoms with E-state index in [2.05, 4.69) is 25.8 Å². The highest BCUT2D eigenvalue weighted by Gasteiger charge is 2.12. The van der Waals surface area contributed by atoms with Crippen LogP contribution in [0.15, 0.2) is 34.9 Å². The zero-order chi connectivity index (χ0) is 13.8. The van der Waals surface area contributed by atoms with E-state index >= 15 is 0 Å². The van der Waals surface area contributed by atoms with E-state index in [-0.39, 0.29) is 0 Å². The van der Waals surface area contributed by atoms with E-state index in [4.69, 9.17) is 16.0 Å². The molecule has 0 N–H and O–H groups in total. The van der Waals surface area contributed by atoms with E-state index in [1.54, 1.807) is 0 Å². The van der Waals surface area contributed by atoms with E-state index in [1.165, 1.54) is 0 Å². The fourth-order valence-corrected chi connectivity index (χ4v) is 3.33. The summed E-state index contributed by atoms with van der Waals surface area (Å²) in [7, 11) is 0. The van der Waals surface area contributed by atoms with Crippen molar-refractivity contribution in [1.82, 2.24) is 4.98 Å². The molecule has 2 aromatic rings. The van der Waals surface area contributed by atoms with Gasteiger partial charge in [0.1, 0.15) is 5.76 Å². The minimum Gasteiger partial charge on any atom is -0.441 e. The van der Waals surface area contributed by atoms with Crippen LogP contribution >= 0.6 is 23.4 Å². The molecule has 102 valence electrons. The summed E-state index contributed by atoms with van der Waals surface area (Å²) in [6.45, 7) is 6.63. The lowest BCUT2D eigenvalue weighted by Gasteiger charge is -2.11. The third-order valence-electron chi connectivity index (χ3n) is 2.62. The third-order valence-corrected chi connectivity index (χ3v) is 4.03. The Bertz CT molecular complexity index is 538. The monoisotopic (exact) mass is 295 g/mol. The summed E-state index contributed by atoms with van der Waals surface area (Å²) in [4.78, 5) is 4.33. The van der Waals surface area contributed by atoms with Gasteiger partial charge in [0.15, 0.2) is 0 Å². The zero-order valence-electron chi connectivity index (χ0n) is 11.4. The topological polar surface area (TPSA) is 26.0 Å². The Kier molecular flexibility index (Phi) is 4.94. The summed E-state index contributed by atoms with van der Waals surface area (Å²) < 4.78 is 5.79. The van der Waals surface area contributed by atoms with Crippen molar-refractivity contribution in [2.45, 2.75) is 37.7 Å². The first-order valence-corrected chi connectivity index (χ1v) is 7.73. The van der Waals surface area contributed by atoms with Crippen LogP contribution in [0, 0.1) is 0 Å². The first-order valence-electron chi connectivity index (χ1n) is 6.40. The molecule has 0 aliphatic rings. The lowest BCUT2D eigenvalue weighted by Crippen LogP contribution is -2.04. The molecule has 1 atom stereocenters. The van der Waals surface area contributed by atoms with Crippen LogP contribution in [0.4, 0.5) is 0 Å². The molecule has 0 saturated heterocycles. The Morgan fingerprint density at radius 2 is 2.11 bits per heavy atom. The second-order valence-corrected chi connectivity index (χ2v) is 7.30. The number of rotatable bonds is 5. The highest BCUT2D eigenvalue weighted by atomic mass is 35.5. The Hall–Kier alpha value is -0.930. The maximum atomic E-state index is 5.97. The summed E-state index contributed by atoms with van der Waals surface area (Å²) in [6.07, 6.45) is 2.71. The lowest BCUT2D eigenvalue weighted by atomic mass is 10.2. The summed E-state index contributed by atoms with van der Waals surface area (Å²) in [5.74, 6) is 1.56. The predicted octanol–water partition coefficient (Wildman–Crippen LogP) is 5.07. The Labute approximate surface area is 123 Å². The van der Waals surface area contributed by atoms with Crippen LogP contribution in [0.25, 0.3) is 11.5 Å². The molecule has 1 heterocycles. The van der Waals surface area contributed by atoms with E-state index in [0.717, 1.165) is 17.7 Å². The van der Waals surface area contributed by atoms with Gasteiger partial charge in [-0.2, -0.15) is 11.8 Å². The molecule has 1 unspecified atom stereocenters. The molecule has 0 aliphatic heterocycles. The average molecular weight is 296 g/mol. The maximum absolute atomic E-state index is 5.97. The normalized spacial score (nSPS) is 12.9. The number of hydrogen-bond acceptors (Lipinski definition) is 3. The zero-order valence-corrected chi connectivity index (χ0v) is 13.0. The molecule has 0 saturated carbocycles. The van der Waals surface area contributed by atoms with E-state index in [1.807, 2.05) is 42.2 Å². The van der Waals surface area contributed by atoms with E-state index in [0.29, 0.717) is 21.4 Å². The van der Waals surface area contributed by atoms with Gasteiger partial charge in [0.05, 0.1) is 6.20 Å². The van der Waals surface area contributed by atoms with Crippen molar-refractivity contribution in [2.75, 3.05) is 0 Å².